The predicted octanol–water partition coefficient (Wildman–Crippen LogP) is 1.04. The van der Waals surface area contributed by atoms with Crippen molar-refractivity contribution < 1.29 is 4.79 Å². The first-order chi connectivity index (χ1) is 3.79. The Balaban J connectivity index is 1.95. The number of hydrogen-bond acceptors (Lipinski definition) is 1. The van der Waals surface area contributed by atoms with Gasteiger partial charge in [-0.05, 0) is 18.8 Å². The molecule has 1 aliphatic carbocycles. The number of carbonyl (C=O) groups is 1. The Morgan fingerprint density at radius 2 is 2.38 bits per heavy atom. The number of thiol groups is 1. The van der Waals surface area contributed by atoms with E-state index < -0.39 is 0 Å². The number of nitrogens with one attached hydrogen (secondary N) is 1. The topological polar surface area (TPSA) is 29.1 Å². The van der Waals surface area contributed by atoms with Crippen LogP contribution in [0.15, 0.2) is 0 Å². The van der Waals surface area contributed by atoms with Crippen molar-refractivity contribution in [2.75, 3.05) is 6.54 Å². The van der Waals surface area contributed by atoms with Crippen LogP contribution in [-0.2, 0) is 0 Å². The van der Waals surface area contributed by atoms with Crippen molar-refractivity contribution in [2.45, 2.75) is 12.8 Å². The summed E-state index contributed by atoms with van der Waals surface area (Å²) in [5.74, 6) is 0.756. The van der Waals surface area contributed by atoms with E-state index >= 15 is 0 Å². The highest BCUT2D eigenvalue weighted by molar-refractivity contribution is 7.96. The molecule has 0 heterocycles. The fourth-order valence-electron chi connectivity index (χ4n) is 0.554. The molecule has 1 fully saturated rings. The molecule has 0 aromatic rings. The second-order valence-corrected chi connectivity index (χ2v) is 2.54. The van der Waals surface area contributed by atoms with Gasteiger partial charge in [-0.3, -0.25) is 4.79 Å². The molecule has 0 aromatic heterocycles. The van der Waals surface area contributed by atoms with Crippen LogP contribution in [0.5, 0.6) is 0 Å². The molecule has 1 rings (SSSR count). The first kappa shape index (κ1) is 5.95. The molecule has 0 aromatic carbocycles. The van der Waals surface area contributed by atoms with E-state index in [9.17, 15) is 4.79 Å². The quantitative estimate of drug-likeness (QED) is 0.538. The Bertz CT molecular complexity index is 101. The molecule has 0 unspecified atom stereocenters. The fourth-order valence-corrected chi connectivity index (χ4v) is 0.645. The zero-order chi connectivity index (χ0) is 5.98. The van der Waals surface area contributed by atoms with E-state index in [0.29, 0.717) is 0 Å². The van der Waals surface area contributed by atoms with Crippen LogP contribution in [0.2, 0.25) is 0 Å². The largest absolute Gasteiger partial charge is 0.347 e. The van der Waals surface area contributed by atoms with Crippen LogP contribution in [0, 0.1) is 5.92 Å². The first-order valence-electron chi connectivity index (χ1n) is 2.76. The van der Waals surface area contributed by atoms with Gasteiger partial charge in [0.25, 0.3) is 5.24 Å². The molecule has 8 heavy (non-hydrogen) atoms. The maximum atomic E-state index is 10.1. The molecular weight excluding hydrogens is 122 g/mol. The molecule has 1 aliphatic rings. The molecule has 3 heteroatoms. The first-order valence-corrected chi connectivity index (χ1v) is 3.20. The molecule has 46 valence electrons. The van der Waals surface area contributed by atoms with Crippen LogP contribution in [0.1, 0.15) is 12.8 Å². The van der Waals surface area contributed by atoms with E-state index in [1.165, 1.54) is 12.8 Å². The maximum absolute atomic E-state index is 10.1. The fraction of sp³-hybridized carbons (Fsp3) is 0.800. The van der Waals surface area contributed by atoms with Crippen molar-refractivity contribution in [1.29, 1.82) is 0 Å². The van der Waals surface area contributed by atoms with Crippen molar-refractivity contribution in [3.63, 3.8) is 0 Å². The molecule has 0 aliphatic heterocycles. The third kappa shape index (κ3) is 2.21. The molecule has 0 atom stereocenters. The lowest BCUT2D eigenvalue weighted by Crippen LogP contribution is -2.18. The monoisotopic (exact) mass is 131 g/mol. The Morgan fingerprint density at radius 1 is 1.75 bits per heavy atom. The summed E-state index contributed by atoms with van der Waals surface area (Å²) in [6.45, 7) is 0.822. The van der Waals surface area contributed by atoms with Gasteiger partial charge < -0.3 is 5.32 Å². The van der Waals surface area contributed by atoms with E-state index in [1.807, 2.05) is 0 Å². The van der Waals surface area contributed by atoms with Crippen molar-refractivity contribution in [2.24, 2.45) is 5.92 Å². The summed E-state index contributed by atoms with van der Waals surface area (Å²) in [5.41, 5.74) is 0. The van der Waals surface area contributed by atoms with Crippen molar-refractivity contribution in [1.82, 2.24) is 5.32 Å². The predicted molar refractivity (Wildman–Crippen MR) is 35.1 cm³/mol. The van der Waals surface area contributed by atoms with E-state index in [2.05, 4.69) is 17.9 Å². The number of amides is 1. The van der Waals surface area contributed by atoms with Gasteiger partial charge in [-0.15, -0.1) is 0 Å². The van der Waals surface area contributed by atoms with Crippen LogP contribution in [0.25, 0.3) is 0 Å². The highest BCUT2D eigenvalue weighted by Crippen LogP contribution is 2.27. The van der Waals surface area contributed by atoms with E-state index in [0.717, 1.165) is 12.5 Å². The lowest BCUT2D eigenvalue weighted by molar-refractivity contribution is 0.260. The summed E-state index contributed by atoms with van der Waals surface area (Å²) in [6, 6.07) is 0. The van der Waals surface area contributed by atoms with E-state index in [4.69, 9.17) is 0 Å². The minimum Gasteiger partial charge on any atom is -0.347 e. The van der Waals surface area contributed by atoms with E-state index in [-0.39, 0.29) is 5.24 Å². The minimum absolute atomic E-state index is 0.211. The molecule has 1 saturated carbocycles. The van der Waals surface area contributed by atoms with Gasteiger partial charge in [-0.25, -0.2) is 0 Å². The SMILES string of the molecule is O=C(S)NCC1CC1. The molecule has 0 saturated heterocycles. The van der Waals surface area contributed by atoms with Crippen LogP contribution >= 0.6 is 12.6 Å². The van der Waals surface area contributed by atoms with Gasteiger partial charge in [0.05, 0.1) is 0 Å². The van der Waals surface area contributed by atoms with Crippen molar-refractivity contribution in [3.05, 3.63) is 0 Å². The summed E-state index contributed by atoms with van der Waals surface area (Å²) >= 11 is 3.55. The number of hydrogen-bond donors (Lipinski definition) is 2. The zero-order valence-electron chi connectivity index (χ0n) is 4.55. The minimum atomic E-state index is -0.211. The molecular formula is C5H9NOS. The summed E-state index contributed by atoms with van der Waals surface area (Å²) in [7, 11) is 0. The van der Waals surface area contributed by atoms with Crippen LogP contribution in [0.3, 0.4) is 0 Å². The average Bonchev–Trinajstić information content (AvgIpc) is 2.41. The lowest BCUT2D eigenvalue weighted by atomic mass is 10.4. The highest BCUT2D eigenvalue weighted by Gasteiger charge is 2.20. The van der Waals surface area contributed by atoms with Crippen LogP contribution in [0.4, 0.5) is 4.79 Å². The van der Waals surface area contributed by atoms with Gasteiger partial charge in [0, 0.05) is 6.54 Å². The van der Waals surface area contributed by atoms with Crippen molar-refractivity contribution >= 4 is 17.9 Å². The summed E-state index contributed by atoms with van der Waals surface area (Å²) in [4.78, 5) is 10.1. The van der Waals surface area contributed by atoms with Gasteiger partial charge in [-0.2, -0.15) is 0 Å². The van der Waals surface area contributed by atoms with E-state index in [1.54, 1.807) is 0 Å². The molecule has 0 bridgehead atoms. The summed E-state index contributed by atoms with van der Waals surface area (Å²) < 4.78 is 0. The van der Waals surface area contributed by atoms with Crippen LogP contribution in [-0.4, -0.2) is 11.8 Å². The lowest BCUT2D eigenvalue weighted by Gasteiger charge is -1.94. The van der Waals surface area contributed by atoms with Gasteiger partial charge in [0.15, 0.2) is 0 Å². The molecule has 2 nitrogen and oxygen atoms in total. The summed E-state index contributed by atoms with van der Waals surface area (Å²) in [5, 5.41) is 2.42. The second kappa shape index (κ2) is 2.40. The normalized spacial score (nSPS) is 18.1. The molecule has 0 spiro atoms. The third-order valence-corrected chi connectivity index (χ3v) is 1.40. The van der Waals surface area contributed by atoms with Gasteiger partial charge in [0.2, 0.25) is 0 Å². The van der Waals surface area contributed by atoms with Crippen molar-refractivity contribution in [3.8, 4) is 0 Å². The Morgan fingerprint density at radius 3 is 2.75 bits per heavy atom. The molecule has 0 radical (unpaired) electrons. The Hall–Kier alpha value is -0.180. The Labute approximate surface area is 54.1 Å². The smallest absolute Gasteiger partial charge is 0.275 e. The van der Waals surface area contributed by atoms with Gasteiger partial charge in [-0.1, -0.05) is 12.6 Å². The third-order valence-electron chi connectivity index (χ3n) is 1.24. The number of rotatable bonds is 2. The zero-order valence-corrected chi connectivity index (χ0v) is 5.45. The maximum Gasteiger partial charge on any atom is 0.275 e. The second-order valence-electron chi connectivity index (χ2n) is 2.13. The average molecular weight is 131 g/mol. The standard InChI is InChI=1S/C5H9NOS/c7-5(8)6-3-4-1-2-4/h4H,1-3H2,(H2,6,7,8). The van der Waals surface area contributed by atoms with Crippen LogP contribution < -0.4 is 5.32 Å². The van der Waals surface area contributed by atoms with Gasteiger partial charge >= 0.3 is 0 Å². The molecule has 1 N–H and O–H groups in total. The molecule has 1 amide bonds. The number of carbonyl (C=O) groups excluding carboxylic acids is 1. The highest BCUT2D eigenvalue weighted by atomic mass is 32.1. The Kier molecular flexibility index (Phi) is 1.78. The summed E-state index contributed by atoms with van der Waals surface area (Å²) in [6.07, 6.45) is 2.54. The van der Waals surface area contributed by atoms with Gasteiger partial charge in [0.1, 0.15) is 0 Å².